The molecule has 0 saturated carbocycles. The number of rotatable bonds is 14. The number of nitrogens with one attached hydrogen (secondary N) is 1. The first-order valence-electron chi connectivity index (χ1n) is 12.7. The smallest absolute Gasteiger partial charge is 0.311 e. The Balaban J connectivity index is 1.94. The molecule has 2 amide bonds. The molecule has 0 unspecified atom stereocenters. The number of halogens is 2. The largest absolute Gasteiger partial charge is 0.490 e. The number of ether oxygens (including phenoxy) is 2. The zero-order chi connectivity index (χ0) is 29.1. The lowest BCUT2D eigenvalue weighted by molar-refractivity contribution is -0.385. The van der Waals surface area contributed by atoms with Crippen LogP contribution < -0.4 is 14.8 Å². The normalized spacial score (nSPS) is 11.4. The Bertz CT molecular complexity index is 1300. The Labute approximate surface area is 243 Å². The molecule has 0 aliphatic heterocycles. The van der Waals surface area contributed by atoms with Crippen LogP contribution in [0.25, 0.3) is 0 Å². The summed E-state index contributed by atoms with van der Waals surface area (Å²) in [5.74, 6) is -0.629. The lowest BCUT2D eigenvalue weighted by Gasteiger charge is -2.32. The number of benzene rings is 3. The van der Waals surface area contributed by atoms with Crippen LogP contribution in [0.3, 0.4) is 0 Å². The van der Waals surface area contributed by atoms with E-state index >= 15 is 0 Å². The van der Waals surface area contributed by atoms with Crippen molar-refractivity contribution in [2.75, 3.05) is 20.3 Å². The van der Waals surface area contributed by atoms with E-state index in [2.05, 4.69) is 5.32 Å². The molecule has 9 nitrogen and oxygen atoms in total. The van der Waals surface area contributed by atoms with Crippen LogP contribution in [0.2, 0.25) is 10.0 Å². The quantitative estimate of drug-likeness (QED) is 0.144. The number of hydrogen-bond acceptors (Lipinski definition) is 6. The summed E-state index contributed by atoms with van der Waals surface area (Å²) in [7, 11) is 1.30. The van der Waals surface area contributed by atoms with Gasteiger partial charge in [-0.2, -0.15) is 0 Å². The Morgan fingerprint density at radius 2 is 1.75 bits per heavy atom. The van der Waals surface area contributed by atoms with Gasteiger partial charge in [-0.1, -0.05) is 72.9 Å². The molecule has 1 N–H and O–H groups in total. The standard InChI is InChI=1S/C29H31Cl2N3O6/c1-3-4-15-32-29(36)26(16-20-9-6-5-7-10-20)33(18-22-23(30)11-8-12-24(22)31)28(35)19-40-21-13-14-25(34(37)38)27(17-21)39-2/h5-14,17,26H,3-4,15-16,18-19H2,1-2H3,(H,32,36)/t26-/m0/s1. The van der Waals surface area contributed by atoms with E-state index in [-0.39, 0.29) is 36.1 Å². The molecule has 11 heteroatoms. The number of hydrogen-bond donors (Lipinski definition) is 1. The molecule has 40 heavy (non-hydrogen) atoms. The lowest BCUT2D eigenvalue weighted by Crippen LogP contribution is -2.52. The van der Waals surface area contributed by atoms with Crippen molar-refractivity contribution in [3.63, 3.8) is 0 Å². The predicted octanol–water partition coefficient (Wildman–Crippen LogP) is 5.85. The van der Waals surface area contributed by atoms with Crippen molar-refractivity contribution in [3.05, 3.63) is 98.0 Å². The summed E-state index contributed by atoms with van der Waals surface area (Å²) in [4.78, 5) is 39.3. The number of unbranched alkanes of at least 4 members (excludes halogenated alkanes) is 1. The van der Waals surface area contributed by atoms with Crippen LogP contribution in [0.4, 0.5) is 5.69 Å². The van der Waals surface area contributed by atoms with Crippen molar-refractivity contribution in [2.45, 2.75) is 38.8 Å². The van der Waals surface area contributed by atoms with Crippen LogP contribution in [0.15, 0.2) is 66.7 Å². The number of amides is 2. The van der Waals surface area contributed by atoms with Gasteiger partial charge >= 0.3 is 5.69 Å². The number of carbonyl (C=O) groups excluding carboxylic acids is 2. The molecule has 0 heterocycles. The second-order valence-electron chi connectivity index (χ2n) is 8.95. The molecule has 3 rings (SSSR count). The highest BCUT2D eigenvalue weighted by atomic mass is 35.5. The Morgan fingerprint density at radius 1 is 1.05 bits per heavy atom. The number of carbonyl (C=O) groups is 2. The predicted molar refractivity (Wildman–Crippen MR) is 154 cm³/mol. The molecule has 212 valence electrons. The highest BCUT2D eigenvalue weighted by Gasteiger charge is 2.31. The fraction of sp³-hybridized carbons (Fsp3) is 0.310. The highest BCUT2D eigenvalue weighted by molar-refractivity contribution is 6.36. The number of nitro groups is 1. The van der Waals surface area contributed by atoms with E-state index in [1.165, 1.54) is 30.2 Å². The number of nitrogens with zero attached hydrogens (tertiary/aromatic N) is 2. The summed E-state index contributed by atoms with van der Waals surface area (Å²) in [6.07, 6.45) is 1.94. The molecule has 1 atom stereocenters. The summed E-state index contributed by atoms with van der Waals surface area (Å²) in [6.45, 7) is 2.00. The van der Waals surface area contributed by atoms with E-state index in [1.807, 2.05) is 37.3 Å². The van der Waals surface area contributed by atoms with E-state index in [0.717, 1.165) is 18.4 Å². The molecule has 3 aromatic rings. The van der Waals surface area contributed by atoms with Gasteiger partial charge in [-0.05, 0) is 30.2 Å². The van der Waals surface area contributed by atoms with E-state index < -0.39 is 23.5 Å². The molecule has 0 aliphatic carbocycles. The third-order valence-electron chi connectivity index (χ3n) is 6.20. The van der Waals surface area contributed by atoms with Crippen LogP contribution in [-0.2, 0) is 22.6 Å². The number of nitro benzene ring substituents is 1. The molecule has 0 fully saturated rings. The van der Waals surface area contributed by atoms with Crippen LogP contribution in [0, 0.1) is 10.1 Å². The number of methoxy groups -OCH3 is 1. The fourth-order valence-electron chi connectivity index (χ4n) is 4.04. The molecular formula is C29H31Cl2N3O6. The van der Waals surface area contributed by atoms with Gasteiger partial charge < -0.3 is 19.7 Å². The van der Waals surface area contributed by atoms with Crippen molar-refractivity contribution in [3.8, 4) is 11.5 Å². The topological polar surface area (TPSA) is 111 Å². The van der Waals surface area contributed by atoms with Crippen LogP contribution in [0.5, 0.6) is 11.5 Å². The fourth-order valence-corrected chi connectivity index (χ4v) is 4.56. The summed E-state index contributed by atoms with van der Waals surface area (Å²) >= 11 is 12.9. The second-order valence-corrected chi connectivity index (χ2v) is 9.77. The Kier molecular flexibility index (Phi) is 11.6. The Morgan fingerprint density at radius 3 is 2.38 bits per heavy atom. The third-order valence-corrected chi connectivity index (χ3v) is 6.91. The Hall–Kier alpha value is -3.82. The molecule has 3 aromatic carbocycles. The molecule has 0 spiro atoms. The first-order valence-corrected chi connectivity index (χ1v) is 13.5. The van der Waals surface area contributed by atoms with Gasteiger partial charge in [0.25, 0.3) is 5.91 Å². The molecule has 0 bridgehead atoms. The molecule has 0 saturated heterocycles. The zero-order valence-electron chi connectivity index (χ0n) is 22.3. The van der Waals surface area contributed by atoms with E-state index in [9.17, 15) is 19.7 Å². The van der Waals surface area contributed by atoms with Gasteiger partial charge in [0, 0.05) is 47.3 Å². The summed E-state index contributed by atoms with van der Waals surface area (Å²) in [6, 6.07) is 17.5. The van der Waals surface area contributed by atoms with Gasteiger partial charge in [-0.3, -0.25) is 19.7 Å². The van der Waals surface area contributed by atoms with Crippen molar-refractivity contribution >= 4 is 40.7 Å². The van der Waals surface area contributed by atoms with E-state index in [0.29, 0.717) is 22.2 Å². The maximum atomic E-state index is 13.7. The van der Waals surface area contributed by atoms with Gasteiger partial charge in [0.05, 0.1) is 12.0 Å². The average molecular weight is 588 g/mol. The summed E-state index contributed by atoms with van der Waals surface area (Å²) < 4.78 is 10.8. The lowest BCUT2D eigenvalue weighted by atomic mass is 10.0. The van der Waals surface area contributed by atoms with Crippen LogP contribution in [-0.4, -0.2) is 47.9 Å². The molecule has 0 aromatic heterocycles. The SMILES string of the molecule is CCCCNC(=O)[C@H](Cc1ccccc1)N(Cc1c(Cl)cccc1Cl)C(=O)COc1ccc([N+](=O)[O-])c(OC)c1. The van der Waals surface area contributed by atoms with E-state index in [1.54, 1.807) is 18.2 Å². The van der Waals surface area contributed by atoms with Crippen LogP contribution >= 0.6 is 23.2 Å². The average Bonchev–Trinajstić information content (AvgIpc) is 2.95. The minimum atomic E-state index is -0.894. The van der Waals surface area contributed by atoms with Crippen LogP contribution in [0.1, 0.15) is 30.9 Å². The van der Waals surface area contributed by atoms with Crippen molar-refractivity contribution in [1.29, 1.82) is 0 Å². The zero-order valence-corrected chi connectivity index (χ0v) is 23.8. The van der Waals surface area contributed by atoms with Crippen molar-refractivity contribution in [1.82, 2.24) is 10.2 Å². The van der Waals surface area contributed by atoms with Gasteiger partial charge in [-0.25, -0.2) is 0 Å². The second kappa shape index (κ2) is 15.1. The molecule has 0 radical (unpaired) electrons. The molecule has 0 aliphatic rings. The first kappa shape index (κ1) is 30.7. The van der Waals surface area contributed by atoms with Gasteiger partial charge in [-0.15, -0.1) is 0 Å². The van der Waals surface area contributed by atoms with Crippen molar-refractivity contribution in [2.24, 2.45) is 0 Å². The highest BCUT2D eigenvalue weighted by Crippen LogP contribution is 2.31. The maximum Gasteiger partial charge on any atom is 0.311 e. The van der Waals surface area contributed by atoms with Gasteiger partial charge in [0.15, 0.2) is 6.61 Å². The van der Waals surface area contributed by atoms with Gasteiger partial charge in [0.1, 0.15) is 11.8 Å². The first-order chi connectivity index (χ1) is 19.2. The maximum absolute atomic E-state index is 13.7. The van der Waals surface area contributed by atoms with Gasteiger partial charge in [0.2, 0.25) is 11.7 Å². The third kappa shape index (κ3) is 8.34. The monoisotopic (exact) mass is 587 g/mol. The minimum Gasteiger partial charge on any atom is -0.490 e. The minimum absolute atomic E-state index is 0.00749. The summed E-state index contributed by atoms with van der Waals surface area (Å²) in [5.41, 5.74) is 1.13. The summed E-state index contributed by atoms with van der Waals surface area (Å²) in [5, 5.41) is 14.9. The van der Waals surface area contributed by atoms with E-state index in [4.69, 9.17) is 32.7 Å². The van der Waals surface area contributed by atoms with Crippen molar-refractivity contribution < 1.29 is 24.0 Å². The molecular weight excluding hydrogens is 557 g/mol.